The molecule has 20 heavy (non-hydrogen) atoms. The standard InChI is InChI=1S/C17H21NO2/c19-15-17(11-12-17)20-16(9-5-2-6-10-16)13-18(15)14-7-3-1-4-8-14/h1,3-4,7-8H,2,5-6,9-13H2. The molecule has 2 aliphatic carbocycles. The van der Waals surface area contributed by atoms with E-state index in [0.717, 1.165) is 37.9 Å². The molecular formula is C17H21NO2. The predicted octanol–water partition coefficient (Wildman–Crippen LogP) is 3.29. The van der Waals surface area contributed by atoms with Crippen LogP contribution in [0, 0.1) is 0 Å². The number of benzene rings is 1. The lowest BCUT2D eigenvalue weighted by Crippen LogP contribution is -2.60. The van der Waals surface area contributed by atoms with Crippen LogP contribution in [0.3, 0.4) is 0 Å². The molecule has 1 aromatic rings. The highest BCUT2D eigenvalue weighted by molar-refractivity contribution is 6.02. The molecule has 2 spiro atoms. The van der Waals surface area contributed by atoms with Crippen LogP contribution in [-0.4, -0.2) is 23.7 Å². The van der Waals surface area contributed by atoms with Crippen molar-refractivity contribution in [2.45, 2.75) is 56.1 Å². The van der Waals surface area contributed by atoms with Gasteiger partial charge in [-0.15, -0.1) is 0 Å². The third-order valence-corrected chi connectivity index (χ3v) is 5.03. The predicted molar refractivity (Wildman–Crippen MR) is 77.7 cm³/mol. The molecule has 2 saturated carbocycles. The van der Waals surface area contributed by atoms with Crippen LogP contribution in [0.1, 0.15) is 44.9 Å². The Bertz CT molecular complexity index is 515. The number of amides is 1. The molecule has 0 bridgehead atoms. The summed E-state index contributed by atoms with van der Waals surface area (Å²) in [6.07, 6.45) is 7.77. The maximum atomic E-state index is 12.7. The fourth-order valence-electron chi connectivity index (χ4n) is 3.80. The summed E-state index contributed by atoms with van der Waals surface area (Å²) in [5, 5.41) is 0. The Labute approximate surface area is 119 Å². The first-order chi connectivity index (χ1) is 9.73. The Morgan fingerprint density at radius 1 is 0.950 bits per heavy atom. The lowest BCUT2D eigenvalue weighted by atomic mass is 9.82. The van der Waals surface area contributed by atoms with Crippen molar-refractivity contribution in [1.29, 1.82) is 0 Å². The van der Waals surface area contributed by atoms with Gasteiger partial charge in [0.25, 0.3) is 5.91 Å². The van der Waals surface area contributed by atoms with Crippen LogP contribution in [0.25, 0.3) is 0 Å². The third-order valence-electron chi connectivity index (χ3n) is 5.03. The Balaban J connectivity index is 1.69. The average molecular weight is 271 g/mol. The van der Waals surface area contributed by atoms with Crippen molar-refractivity contribution in [2.75, 3.05) is 11.4 Å². The number of anilines is 1. The highest BCUT2D eigenvalue weighted by Crippen LogP contribution is 2.51. The van der Waals surface area contributed by atoms with Crippen LogP contribution in [0.15, 0.2) is 30.3 Å². The van der Waals surface area contributed by atoms with Gasteiger partial charge in [0.15, 0.2) is 0 Å². The van der Waals surface area contributed by atoms with Gasteiger partial charge in [-0.2, -0.15) is 0 Å². The Hall–Kier alpha value is -1.35. The van der Waals surface area contributed by atoms with Crippen molar-refractivity contribution in [3.8, 4) is 0 Å². The van der Waals surface area contributed by atoms with E-state index >= 15 is 0 Å². The molecule has 0 radical (unpaired) electrons. The highest BCUT2D eigenvalue weighted by atomic mass is 16.5. The number of para-hydroxylation sites is 1. The lowest BCUT2D eigenvalue weighted by Gasteiger charge is -2.48. The number of carbonyl (C=O) groups excluding carboxylic acids is 1. The Morgan fingerprint density at radius 2 is 1.65 bits per heavy atom. The van der Waals surface area contributed by atoms with Gasteiger partial charge in [0, 0.05) is 5.69 Å². The Morgan fingerprint density at radius 3 is 2.30 bits per heavy atom. The summed E-state index contributed by atoms with van der Waals surface area (Å²) >= 11 is 0. The number of hydrogen-bond acceptors (Lipinski definition) is 2. The van der Waals surface area contributed by atoms with Crippen molar-refractivity contribution in [3.05, 3.63) is 30.3 Å². The number of morpholine rings is 1. The minimum absolute atomic E-state index is 0.0848. The number of rotatable bonds is 1. The van der Waals surface area contributed by atoms with E-state index in [-0.39, 0.29) is 11.5 Å². The SMILES string of the molecule is O=C1N(c2ccccc2)CC2(CCCCC2)OC12CC2. The molecule has 1 saturated heterocycles. The molecule has 1 aliphatic heterocycles. The van der Waals surface area contributed by atoms with Crippen molar-refractivity contribution in [3.63, 3.8) is 0 Å². The van der Waals surface area contributed by atoms with E-state index in [2.05, 4.69) is 0 Å². The first-order valence-electron chi connectivity index (χ1n) is 7.80. The van der Waals surface area contributed by atoms with Crippen LogP contribution in [0.4, 0.5) is 5.69 Å². The summed E-state index contributed by atoms with van der Waals surface area (Å²) in [5.41, 5.74) is 0.459. The molecule has 3 heteroatoms. The topological polar surface area (TPSA) is 29.5 Å². The normalized spacial score (nSPS) is 27.0. The van der Waals surface area contributed by atoms with Crippen molar-refractivity contribution >= 4 is 11.6 Å². The monoisotopic (exact) mass is 271 g/mol. The molecule has 3 aliphatic rings. The van der Waals surface area contributed by atoms with Gasteiger partial charge in [0.1, 0.15) is 5.60 Å². The molecule has 106 valence electrons. The van der Waals surface area contributed by atoms with Gasteiger partial charge in [-0.25, -0.2) is 0 Å². The van der Waals surface area contributed by atoms with Gasteiger partial charge in [-0.1, -0.05) is 37.5 Å². The van der Waals surface area contributed by atoms with Crippen LogP contribution >= 0.6 is 0 Å². The summed E-state index contributed by atoms with van der Waals surface area (Å²) in [4.78, 5) is 14.7. The van der Waals surface area contributed by atoms with Gasteiger partial charge in [0.05, 0.1) is 12.1 Å². The quantitative estimate of drug-likeness (QED) is 0.784. The molecule has 0 atom stereocenters. The summed E-state index contributed by atoms with van der Waals surface area (Å²) < 4.78 is 6.39. The van der Waals surface area contributed by atoms with E-state index in [4.69, 9.17) is 4.74 Å². The van der Waals surface area contributed by atoms with E-state index < -0.39 is 5.60 Å². The summed E-state index contributed by atoms with van der Waals surface area (Å²) in [5.74, 6) is 0.180. The minimum Gasteiger partial charge on any atom is -0.357 e. The first kappa shape index (κ1) is 12.4. The van der Waals surface area contributed by atoms with E-state index in [0.29, 0.717) is 0 Å². The molecular weight excluding hydrogens is 250 g/mol. The first-order valence-corrected chi connectivity index (χ1v) is 7.80. The second kappa shape index (κ2) is 4.32. The maximum absolute atomic E-state index is 12.7. The van der Waals surface area contributed by atoms with E-state index in [1.54, 1.807) is 0 Å². The van der Waals surface area contributed by atoms with Crippen LogP contribution in [0.5, 0.6) is 0 Å². The molecule has 0 N–H and O–H groups in total. The van der Waals surface area contributed by atoms with Gasteiger partial charge < -0.3 is 9.64 Å². The highest BCUT2D eigenvalue weighted by Gasteiger charge is 2.61. The fraction of sp³-hybridized carbons (Fsp3) is 0.588. The molecule has 3 nitrogen and oxygen atoms in total. The average Bonchev–Trinajstić information content (AvgIpc) is 3.25. The van der Waals surface area contributed by atoms with Gasteiger partial charge >= 0.3 is 0 Å². The van der Waals surface area contributed by atoms with Crippen molar-refractivity contribution < 1.29 is 9.53 Å². The maximum Gasteiger partial charge on any atom is 0.259 e. The van der Waals surface area contributed by atoms with Crippen molar-refractivity contribution in [1.82, 2.24) is 0 Å². The van der Waals surface area contributed by atoms with Crippen LogP contribution in [-0.2, 0) is 9.53 Å². The molecule has 4 rings (SSSR count). The zero-order valence-electron chi connectivity index (χ0n) is 11.8. The zero-order valence-corrected chi connectivity index (χ0v) is 11.8. The van der Waals surface area contributed by atoms with E-state index in [9.17, 15) is 4.79 Å². The minimum atomic E-state index is -0.481. The fourth-order valence-corrected chi connectivity index (χ4v) is 3.80. The third kappa shape index (κ3) is 1.87. The second-order valence-electron chi connectivity index (χ2n) is 6.57. The summed E-state index contributed by atoms with van der Waals surface area (Å²) in [7, 11) is 0. The molecule has 1 amide bonds. The van der Waals surface area contributed by atoms with Gasteiger partial charge in [-0.05, 0) is 37.8 Å². The molecule has 3 fully saturated rings. The van der Waals surface area contributed by atoms with Crippen LogP contribution < -0.4 is 4.90 Å². The number of hydrogen-bond donors (Lipinski definition) is 0. The lowest BCUT2D eigenvalue weighted by molar-refractivity contribution is -0.168. The number of carbonyl (C=O) groups is 1. The number of nitrogens with zero attached hydrogens (tertiary/aromatic N) is 1. The number of ether oxygens (including phenoxy) is 1. The smallest absolute Gasteiger partial charge is 0.259 e. The summed E-state index contributed by atoms with van der Waals surface area (Å²) in [6.45, 7) is 0.734. The summed E-state index contributed by atoms with van der Waals surface area (Å²) in [6, 6.07) is 10.1. The second-order valence-corrected chi connectivity index (χ2v) is 6.57. The van der Waals surface area contributed by atoms with Crippen LogP contribution in [0.2, 0.25) is 0 Å². The van der Waals surface area contributed by atoms with E-state index in [1.807, 2.05) is 35.2 Å². The van der Waals surface area contributed by atoms with Gasteiger partial charge in [0.2, 0.25) is 0 Å². The molecule has 0 aromatic heterocycles. The van der Waals surface area contributed by atoms with Gasteiger partial charge in [-0.3, -0.25) is 4.79 Å². The van der Waals surface area contributed by atoms with Crippen molar-refractivity contribution in [2.24, 2.45) is 0 Å². The molecule has 1 heterocycles. The zero-order chi connectivity index (χ0) is 13.6. The molecule has 1 aromatic carbocycles. The Kier molecular flexibility index (Phi) is 2.68. The largest absolute Gasteiger partial charge is 0.357 e. The van der Waals surface area contributed by atoms with E-state index in [1.165, 1.54) is 19.3 Å². The molecule has 0 unspecified atom stereocenters.